The van der Waals surface area contributed by atoms with E-state index in [0.717, 1.165) is 0 Å². The van der Waals surface area contributed by atoms with Gasteiger partial charge in [0.1, 0.15) is 0 Å². The molecule has 0 radical (unpaired) electrons. The molecule has 0 amide bonds. The van der Waals surface area contributed by atoms with Crippen LogP contribution in [0.3, 0.4) is 0 Å². The van der Waals surface area contributed by atoms with Crippen LogP contribution in [0.1, 0.15) is 13.8 Å². The fourth-order valence-electron chi connectivity index (χ4n) is 1.24. The third-order valence-corrected chi connectivity index (χ3v) is 4.16. The molecule has 0 spiro atoms. The molecule has 1 aliphatic heterocycles. The van der Waals surface area contributed by atoms with Crippen molar-refractivity contribution in [3.63, 3.8) is 0 Å². The van der Waals surface area contributed by atoms with E-state index in [9.17, 15) is 13.5 Å². The zero-order chi connectivity index (χ0) is 10.3. The van der Waals surface area contributed by atoms with Gasteiger partial charge >= 0.3 is 0 Å². The van der Waals surface area contributed by atoms with Crippen molar-refractivity contribution < 1.29 is 13.5 Å². The highest BCUT2D eigenvalue weighted by Crippen LogP contribution is 2.24. The van der Waals surface area contributed by atoms with E-state index in [1.54, 1.807) is 13.8 Å². The minimum atomic E-state index is -3.32. The van der Waals surface area contributed by atoms with Crippen LogP contribution in [-0.4, -0.2) is 54.4 Å². The van der Waals surface area contributed by atoms with Crippen LogP contribution in [-0.2, 0) is 10.2 Å². The lowest BCUT2D eigenvalue weighted by atomic mass is 10.0. The molecule has 0 atom stereocenters. The Hall–Kier alpha value is -0.170. The molecule has 13 heavy (non-hydrogen) atoms. The fraction of sp³-hybridized carbons (Fsp3) is 1.00. The van der Waals surface area contributed by atoms with E-state index >= 15 is 0 Å². The summed E-state index contributed by atoms with van der Waals surface area (Å²) >= 11 is 0. The van der Waals surface area contributed by atoms with Gasteiger partial charge in [-0.15, -0.1) is 0 Å². The summed E-state index contributed by atoms with van der Waals surface area (Å²) in [6.45, 7) is 4.24. The van der Waals surface area contributed by atoms with Crippen molar-refractivity contribution in [3.05, 3.63) is 0 Å². The Morgan fingerprint density at radius 1 is 1.54 bits per heavy atom. The van der Waals surface area contributed by atoms with Gasteiger partial charge in [-0.25, -0.2) is 0 Å². The number of hydrogen-bond donors (Lipinski definition) is 1. The van der Waals surface area contributed by atoms with E-state index in [2.05, 4.69) is 0 Å². The van der Waals surface area contributed by atoms with Gasteiger partial charge in [-0.2, -0.15) is 17.0 Å². The molecular weight excluding hydrogens is 192 g/mol. The van der Waals surface area contributed by atoms with Gasteiger partial charge in [0.15, 0.2) is 0 Å². The van der Waals surface area contributed by atoms with Crippen LogP contribution in [0.2, 0.25) is 0 Å². The van der Waals surface area contributed by atoms with E-state index in [4.69, 9.17) is 0 Å². The molecule has 5 nitrogen and oxygen atoms in total. The summed E-state index contributed by atoms with van der Waals surface area (Å²) in [5.74, 6) is 0. The van der Waals surface area contributed by atoms with E-state index in [1.165, 1.54) is 15.7 Å². The molecule has 0 aromatic rings. The maximum Gasteiger partial charge on any atom is 0.281 e. The fourth-order valence-corrected chi connectivity index (χ4v) is 2.84. The first-order valence-corrected chi connectivity index (χ1v) is 5.63. The summed E-state index contributed by atoms with van der Waals surface area (Å²) in [4.78, 5) is 0. The Morgan fingerprint density at radius 3 is 2.31 bits per heavy atom. The predicted octanol–water partition coefficient (Wildman–Crippen LogP) is -0.750. The van der Waals surface area contributed by atoms with Crippen molar-refractivity contribution in [2.24, 2.45) is 0 Å². The predicted molar refractivity (Wildman–Crippen MR) is 49.4 cm³/mol. The maximum atomic E-state index is 11.6. The zero-order valence-electron chi connectivity index (χ0n) is 8.19. The lowest BCUT2D eigenvalue weighted by Crippen LogP contribution is -2.63. The summed E-state index contributed by atoms with van der Waals surface area (Å²) < 4.78 is 25.7. The highest BCUT2D eigenvalue weighted by molar-refractivity contribution is 7.86. The average molecular weight is 208 g/mol. The SMILES string of the molecule is CCN(C)S(=O)(=O)N1CC(C)(O)C1. The third-order valence-electron chi connectivity index (χ3n) is 2.20. The first-order valence-electron chi connectivity index (χ1n) is 4.23. The van der Waals surface area contributed by atoms with Crippen molar-refractivity contribution in [2.45, 2.75) is 19.4 Å². The number of nitrogens with zero attached hydrogens (tertiary/aromatic N) is 2. The van der Waals surface area contributed by atoms with Crippen molar-refractivity contribution in [3.8, 4) is 0 Å². The summed E-state index contributed by atoms with van der Waals surface area (Å²) in [5, 5.41) is 9.38. The molecule has 1 aliphatic rings. The second-order valence-corrected chi connectivity index (χ2v) is 5.72. The van der Waals surface area contributed by atoms with Crippen molar-refractivity contribution in [1.82, 2.24) is 8.61 Å². The van der Waals surface area contributed by atoms with Gasteiger partial charge < -0.3 is 5.11 Å². The lowest BCUT2D eigenvalue weighted by molar-refractivity contribution is -0.0447. The molecule has 0 bridgehead atoms. The molecule has 0 saturated carbocycles. The quantitative estimate of drug-likeness (QED) is 0.664. The second-order valence-electron chi connectivity index (χ2n) is 3.69. The normalized spacial score (nSPS) is 23.2. The monoisotopic (exact) mass is 208 g/mol. The Morgan fingerprint density at radius 2 is 2.00 bits per heavy atom. The first kappa shape index (κ1) is 10.9. The minimum Gasteiger partial charge on any atom is -0.387 e. The Kier molecular flexibility index (Phi) is 2.68. The van der Waals surface area contributed by atoms with Crippen LogP contribution < -0.4 is 0 Å². The number of β-amino-alcohol motifs (C(OH)–C–C–N with tert-alkyl or cyclic N) is 1. The topological polar surface area (TPSA) is 60.9 Å². The van der Waals surface area contributed by atoms with Gasteiger partial charge in [-0.3, -0.25) is 0 Å². The maximum absolute atomic E-state index is 11.6. The number of aliphatic hydroxyl groups is 1. The third kappa shape index (κ3) is 2.01. The Balaban J connectivity index is 2.65. The van der Waals surface area contributed by atoms with E-state index in [-0.39, 0.29) is 13.1 Å². The van der Waals surface area contributed by atoms with Gasteiger partial charge in [-0.1, -0.05) is 6.92 Å². The standard InChI is InChI=1S/C7H16N2O3S/c1-4-8(3)13(11,12)9-5-7(2,10)6-9/h10H,4-6H2,1-3H3. The second kappa shape index (κ2) is 3.20. The van der Waals surface area contributed by atoms with Gasteiger partial charge in [0, 0.05) is 26.7 Å². The Bertz CT molecular complexity index is 278. The van der Waals surface area contributed by atoms with Gasteiger partial charge in [0.25, 0.3) is 10.2 Å². The van der Waals surface area contributed by atoms with Crippen molar-refractivity contribution in [1.29, 1.82) is 0 Å². The van der Waals surface area contributed by atoms with Crippen LogP contribution in [0.5, 0.6) is 0 Å². The Labute approximate surface area is 79.1 Å². The molecule has 78 valence electrons. The van der Waals surface area contributed by atoms with Crippen LogP contribution in [0.15, 0.2) is 0 Å². The summed E-state index contributed by atoms with van der Waals surface area (Å²) in [6, 6.07) is 0. The number of rotatable bonds is 3. The van der Waals surface area contributed by atoms with Crippen LogP contribution in [0, 0.1) is 0 Å². The van der Waals surface area contributed by atoms with Gasteiger partial charge in [0.2, 0.25) is 0 Å². The molecular formula is C7H16N2O3S. The molecule has 1 heterocycles. The summed E-state index contributed by atoms with van der Waals surface area (Å²) in [5.41, 5.74) is -0.846. The van der Waals surface area contributed by atoms with E-state index < -0.39 is 15.8 Å². The molecule has 6 heteroatoms. The van der Waals surface area contributed by atoms with E-state index in [0.29, 0.717) is 6.54 Å². The van der Waals surface area contributed by atoms with E-state index in [1.807, 2.05) is 0 Å². The highest BCUT2D eigenvalue weighted by Gasteiger charge is 2.44. The molecule has 0 unspecified atom stereocenters. The van der Waals surface area contributed by atoms with Crippen LogP contribution >= 0.6 is 0 Å². The first-order chi connectivity index (χ1) is 5.79. The summed E-state index contributed by atoms with van der Waals surface area (Å²) in [6.07, 6.45) is 0. The summed E-state index contributed by atoms with van der Waals surface area (Å²) in [7, 11) is -1.79. The largest absolute Gasteiger partial charge is 0.387 e. The van der Waals surface area contributed by atoms with Crippen LogP contribution in [0.4, 0.5) is 0 Å². The van der Waals surface area contributed by atoms with Crippen molar-refractivity contribution in [2.75, 3.05) is 26.7 Å². The molecule has 1 fully saturated rings. The molecule has 1 saturated heterocycles. The molecule has 0 aliphatic carbocycles. The zero-order valence-corrected chi connectivity index (χ0v) is 9.00. The molecule has 0 aromatic carbocycles. The highest BCUT2D eigenvalue weighted by atomic mass is 32.2. The minimum absolute atomic E-state index is 0.194. The number of hydrogen-bond acceptors (Lipinski definition) is 3. The average Bonchev–Trinajstić information content (AvgIpc) is 1.98. The molecule has 1 rings (SSSR count). The van der Waals surface area contributed by atoms with Gasteiger partial charge in [-0.05, 0) is 6.92 Å². The van der Waals surface area contributed by atoms with Crippen molar-refractivity contribution >= 4 is 10.2 Å². The smallest absolute Gasteiger partial charge is 0.281 e. The molecule has 1 N–H and O–H groups in total. The van der Waals surface area contributed by atoms with Crippen LogP contribution in [0.25, 0.3) is 0 Å². The lowest BCUT2D eigenvalue weighted by Gasteiger charge is -2.44. The van der Waals surface area contributed by atoms with Gasteiger partial charge in [0.05, 0.1) is 5.60 Å². The molecule has 0 aromatic heterocycles.